The van der Waals surface area contributed by atoms with Gasteiger partial charge < -0.3 is 21.3 Å². The Bertz CT molecular complexity index is 1250. The van der Waals surface area contributed by atoms with Crippen molar-refractivity contribution in [3.05, 3.63) is 77.4 Å². The molecule has 36 heavy (non-hydrogen) atoms. The smallest absolute Gasteiger partial charge is 0.390 e. The SMILES string of the molecule is NC(=O)C(Cc1ccccc1)NC(=O)C1=CC(NS(=O)(=O)c2cccc(C(F)(F)F)c2)C(O)C(O)C1. The van der Waals surface area contributed by atoms with E-state index in [0.717, 1.165) is 18.2 Å². The Kier molecular flexibility index (Phi) is 8.19. The van der Waals surface area contributed by atoms with Gasteiger partial charge in [0.2, 0.25) is 21.8 Å². The first kappa shape index (κ1) is 27.3. The molecule has 1 aliphatic rings. The zero-order valence-electron chi connectivity index (χ0n) is 18.6. The maximum atomic E-state index is 13.0. The van der Waals surface area contributed by atoms with Crippen LogP contribution < -0.4 is 15.8 Å². The van der Waals surface area contributed by atoms with Gasteiger partial charge in [0.1, 0.15) is 12.1 Å². The van der Waals surface area contributed by atoms with Crippen molar-refractivity contribution in [2.24, 2.45) is 5.73 Å². The average Bonchev–Trinajstić information content (AvgIpc) is 2.81. The molecular formula is C23H24F3N3O6S. The van der Waals surface area contributed by atoms with Gasteiger partial charge in [-0.05, 0) is 23.8 Å². The van der Waals surface area contributed by atoms with Crippen LogP contribution in [0, 0.1) is 0 Å². The molecule has 1 aliphatic carbocycles. The minimum Gasteiger partial charge on any atom is -0.390 e. The third-order valence-corrected chi connectivity index (χ3v) is 7.01. The van der Waals surface area contributed by atoms with E-state index in [1.807, 2.05) is 4.72 Å². The van der Waals surface area contributed by atoms with E-state index in [4.69, 9.17) is 5.73 Å². The summed E-state index contributed by atoms with van der Waals surface area (Å²) in [6.07, 6.45) is -7.31. The fourth-order valence-electron chi connectivity index (χ4n) is 3.65. The van der Waals surface area contributed by atoms with Crippen LogP contribution in [0.4, 0.5) is 13.2 Å². The molecule has 0 aromatic heterocycles. The Morgan fingerprint density at radius 3 is 2.36 bits per heavy atom. The topological polar surface area (TPSA) is 159 Å². The Labute approximate surface area is 204 Å². The Hall–Kier alpha value is -3.26. The molecule has 4 atom stereocenters. The van der Waals surface area contributed by atoms with Crippen molar-refractivity contribution in [1.82, 2.24) is 10.0 Å². The van der Waals surface area contributed by atoms with Crippen molar-refractivity contribution in [1.29, 1.82) is 0 Å². The fraction of sp³-hybridized carbons (Fsp3) is 0.304. The van der Waals surface area contributed by atoms with E-state index in [0.29, 0.717) is 17.7 Å². The predicted molar refractivity (Wildman–Crippen MR) is 122 cm³/mol. The van der Waals surface area contributed by atoms with Crippen molar-refractivity contribution < 1.29 is 41.4 Å². The van der Waals surface area contributed by atoms with E-state index >= 15 is 0 Å². The van der Waals surface area contributed by atoms with E-state index in [2.05, 4.69) is 5.32 Å². The summed E-state index contributed by atoms with van der Waals surface area (Å²) in [6, 6.07) is 8.98. The Balaban J connectivity index is 1.81. The summed E-state index contributed by atoms with van der Waals surface area (Å²) in [6.45, 7) is 0. The number of alkyl halides is 3. The number of carbonyl (C=O) groups excluding carboxylic acids is 2. The molecule has 13 heteroatoms. The normalized spacial score (nSPS) is 21.4. The molecule has 0 radical (unpaired) electrons. The van der Waals surface area contributed by atoms with Crippen molar-refractivity contribution >= 4 is 21.8 Å². The number of benzene rings is 2. The zero-order chi connectivity index (χ0) is 26.7. The summed E-state index contributed by atoms with van der Waals surface area (Å²) in [4.78, 5) is 24.0. The number of amides is 2. The van der Waals surface area contributed by atoms with Crippen LogP contribution in [0.25, 0.3) is 0 Å². The van der Waals surface area contributed by atoms with Crippen molar-refractivity contribution in [3.63, 3.8) is 0 Å². The largest absolute Gasteiger partial charge is 0.416 e. The molecule has 4 unspecified atom stereocenters. The molecule has 0 saturated carbocycles. The molecule has 2 aromatic rings. The van der Waals surface area contributed by atoms with Gasteiger partial charge >= 0.3 is 6.18 Å². The number of primary amides is 1. The average molecular weight is 528 g/mol. The lowest BCUT2D eigenvalue weighted by molar-refractivity contribution is -0.137. The minimum absolute atomic E-state index is 0.0754. The lowest BCUT2D eigenvalue weighted by atomic mass is 9.90. The second-order valence-electron chi connectivity index (χ2n) is 8.24. The lowest BCUT2D eigenvalue weighted by Crippen LogP contribution is -2.52. The Morgan fingerprint density at radius 2 is 1.75 bits per heavy atom. The van der Waals surface area contributed by atoms with E-state index < -0.39 is 62.8 Å². The summed E-state index contributed by atoms with van der Waals surface area (Å²) < 4.78 is 66.4. The molecule has 9 nitrogen and oxygen atoms in total. The number of aliphatic hydroxyl groups excluding tert-OH is 2. The van der Waals surface area contributed by atoms with Gasteiger partial charge in [0.05, 0.1) is 22.6 Å². The highest BCUT2D eigenvalue weighted by Crippen LogP contribution is 2.31. The minimum atomic E-state index is -4.78. The van der Waals surface area contributed by atoms with Crippen LogP contribution in [0.15, 0.2) is 71.1 Å². The standard InChI is InChI=1S/C23H24F3N3O6S/c24-23(25,26)15-7-4-8-16(12-15)36(34,35)29-17-10-14(11-19(30)20(17)31)22(33)28-18(21(27)32)9-13-5-2-1-3-6-13/h1-8,10,12,17-20,29-31H,9,11H2,(H2,27,32)(H,28,33). The second kappa shape index (κ2) is 10.8. The van der Waals surface area contributed by atoms with Gasteiger partial charge in [-0.25, -0.2) is 13.1 Å². The van der Waals surface area contributed by atoms with Crippen LogP contribution in [0.1, 0.15) is 17.5 Å². The predicted octanol–water partition coefficient (Wildman–Crippen LogP) is 0.617. The number of sulfonamides is 1. The first-order valence-electron chi connectivity index (χ1n) is 10.7. The van der Waals surface area contributed by atoms with Crippen molar-refractivity contribution in [3.8, 4) is 0 Å². The summed E-state index contributed by atoms with van der Waals surface area (Å²) in [5.41, 5.74) is 4.76. The van der Waals surface area contributed by atoms with Crippen molar-refractivity contribution in [2.75, 3.05) is 0 Å². The van der Waals surface area contributed by atoms with Gasteiger partial charge in [-0.2, -0.15) is 13.2 Å². The third-order valence-electron chi connectivity index (χ3n) is 5.56. The first-order chi connectivity index (χ1) is 16.8. The van der Waals surface area contributed by atoms with E-state index in [-0.39, 0.29) is 18.4 Å². The maximum absolute atomic E-state index is 13.0. The summed E-state index contributed by atoms with van der Waals surface area (Å²) in [5, 5.41) is 22.9. The number of aliphatic hydroxyl groups is 2. The second-order valence-corrected chi connectivity index (χ2v) is 9.96. The van der Waals surface area contributed by atoms with Crippen LogP contribution in [-0.4, -0.2) is 54.7 Å². The number of hydrogen-bond acceptors (Lipinski definition) is 6. The van der Waals surface area contributed by atoms with Crippen LogP contribution >= 0.6 is 0 Å². The number of rotatable bonds is 8. The fourth-order valence-corrected chi connectivity index (χ4v) is 4.89. The summed E-state index contributed by atoms with van der Waals surface area (Å²) in [7, 11) is -4.60. The van der Waals surface area contributed by atoms with Crippen LogP contribution in [-0.2, 0) is 32.2 Å². The van der Waals surface area contributed by atoms with Gasteiger partial charge in [-0.3, -0.25) is 9.59 Å². The number of carbonyl (C=O) groups is 2. The monoisotopic (exact) mass is 527 g/mol. The highest BCUT2D eigenvalue weighted by Gasteiger charge is 2.37. The highest BCUT2D eigenvalue weighted by molar-refractivity contribution is 7.89. The number of nitrogens with one attached hydrogen (secondary N) is 2. The lowest BCUT2D eigenvalue weighted by Gasteiger charge is -2.31. The van der Waals surface area contributed by atoms with E-state index in [1.165, 1.54) is 0 Å². The molecule has 0 heterocycles. The van der Waals surface area contributed by atoms with Gasteiger partial charge in [-0.1, -0.05) is 42.5 Å². The molecule has 0 saturated heterocycles. The maximum Gasteiger partial charge on any atom is 0.416 e. The van der Waals surface area contributed by atoms with Gasteiger partial charge in [0.25, 0.3) is 0 Å². The third kappa shape index (κ3) is 6.69. The van der Waals surface area contributed by atoms with Crippen molar-refractivity contribution in [2.45, 2.75) is 48.2 Å². The van der Waals surface area contributed by atoms with Crippen LogP contribution in [0.3, 0.4) is 0 Å². The molecule has 2 aromatic carbocycles. The molecule has 2 amide bonds. The van der Waals surface area contributed by atoms with E-state index in [9.17, 15) is 41.4 Å². The van der Waals surface area contributed by atoms with Gasteiger partial charge in [0.15, 0.2) is 0 Å². The molecule has 3 rings (SSSR count). The van der Waals surface area contributed by atoms with Crippen LogP contribution in [0.5, 0.6) is 0 Å². The number of hydrogen-bond donors (Lipinski definition) is 5. The highest BCUT2D eigenvalue weighted by atomic mass is 32.2. The first-order valence-corrected chi connectivity index (χ1v) is 12.2. The van der Waals surface area contributed by atoms with Gasteiger partial charge in [0, 0.05) is 18.4 Å². The van der Waals surface area contributed by atoms with Crippen LogP contribution in [0.2, 0.25) is 0 Å². The molecule has 194 valence electrons. The van der Waals surface area contributed by atoms with Gasteiger partial charge in [-0.15, -0.1) is 0 Å². The number of halogens is 3. The molecule has 0 bridgehead atoms. The summed E-state index contributed by atoms with van der Waals surface area (Å²) in [5.74, 6) is -1.66. The molecule has 6 N–H and O–H groups in total. The molecule has 0 spiro atoms. The Morgan fingerprint density at radius 1 is 1.08 bits per heavy atom. The summed E-state index contributed by atoms with van der Waals surface area (Å²) >= 11 is 0. The quantitative estimate of drug-likeness (QED) is 0.339. The van der Waals surface area contributed by atoms with E-state index in [1.54, 1.807) is 30.3 Å². The molecular weight excluding hydrogens is 503 g/mol. The zero-order valence-corrected chi connectivity index (χ0v) is 19.5. The molecule has 0 aliphatic heterocycles. The number of nitrogens with two attached hydrogens (primary N) is 1. The molecule has 0 fully saturated rings.